The number of ether oxygens (including phenoxy) is 1. The third-order valence-electron chi connectivity index (χ3n) is 4.80. The molecule has 0 radical (unpaired) electrons. The van der Waals surface area contributed by atoms with E-state index in [4.69, 9.17) is 14.2 Å². The van der Waals surface area contributed by atoms with Crippen molar-refractivity contribution in [2.24, 2.45) is 0 Å². The molecule has 5 heteroatoms. The lowest BCUT2D eigenvalue weighted by molar-refractivity contribution is -0.0365. The minimum absolute atomic E-state index is 0.319. The fourth-order valence-corrected chi connectivity index (χ4v) is 3.47. The van der Waals surface area contributed by atoms with Crippen molar-refractivity contribution in [1.82, 2.24) is 15.5 Å². The Morgan fingerprint density at radius 2 is 2.00 bits per heavy atom. The highest BCUT2D eigenvalue weighted by atomic mass is 16.5. The molecule has 0 amide bonds. The molecule has 1 aliphatic heterocycles. The molecular weight excluding hydrogens is 254 g/mol. The maximum absolute atomic E-state index is 5.84. The lowest BCUT2D eigenvalue weighted by Crippen LogP contribution is -2.30. The van der Waals surface area contributed by atoms with Gasteiger partial charge in [0.05, 0.1) is 5.92 Å². The van der Waals surface area contributed by atoms with Gasteiger partial charge in [-0.2, -0.15) is 4.98 Å². The summed E-state index contributed by atoms with van der Waals surface area (Å²) in [5.74, 6) is 1.92. The topological polar surface area (TPSA) is 60.2 Å². The second-order valence-electron chi connectivity index (χ2n) is 6.11. The van der Waals surface area contributed by atoms with Crippen LogP contribution in [0.25, 0.3) is 0 Å². The van der Waals surface area contributed by atoms with E-state index in [1.54, 1.807) is 7.11 Å². The summed E-state index contributed by atoms with van der Waals surface area (Å²) < 4.78 is 11.4. The van der Waals surface area contributed by atoms with Gasteiger partial charge in [-0.15, -0.1) is 0 Å². The zero-order valence-corrected chi connectivity index (χ0v) is 12.4. The molecule has 1 saturated heterocycles. The number of aromatic nitrogens is 2. The first-order valence-corrected chi connectivity index (χ1v) is 7.94. The van der Waals surface area contributed by atoms with Crippen LogP contribution in [0.5, 0.6) is 0 Å². The molecule has 0 spiro atoms. The van der Waals surface area contributed by atoms with E-state index in [1.165, 1.54) is 32.1 Å². The minimum Gasteiger partial charge on any atom is -0.370 e. The number of nitrogens with zero attached hydrogens (tertiary/aromatic N) is 2. The van der Waals surface area contributed by atoms with Gasteiger partial charge in [-0.05, 0) is 32.2 Å². The van der Waals surface area contributed by atoms with Crippen molar-refractivity contribution < 1.29 is 9.26 Å². The zero-order valence-electron chi connectivity index (χ0n) is 12.4. The fraction of sp³-hybridized carbons (Fsp3) is 0.867. The molecule has 1 aromatic rings. The molecule has 112 valence electrons. The molecule has 1 aliphatic carbocycles. The Kier molecular flexibility index (Phi) is 4.36. The summed E-state index contributed by atoms with van der Waals surface area (Å²) in [6.45, 7) is 2.04. The van der Waals surface area contributed by atoms with Crippen molar-refractivity contribution in [2.45, 2.75) is 62.9 Å². The third kappa shape index (κ3) is 2.74. The predicted molar refractivity (Wildman–Crippen MR) is 75.5 cm³/mol. The quantitative estimate of drug-likeness (QED) is 0.862. The SMILES string of the molecule is COC1(c2noc([C@@H]3CCCNC3)n2)CCCCCC1. The Balaban J connectivity index is 1.79. The van der Waals surface area contributed by atoms with E-state index in [0.717, 1.165) is 44.1 Å². The lowest BCUT2D eigenvalue weighted by atomic mass is 9.93. The highest BCUT2D eigenvalue weighted by Crippen LogP contribution is 2.38. The predicted octanol–water partition coefficient (Wildman–Crippen LogP) is 2.73. The van der Waals surface area contributed by atoms with Crippen LogP contribution >= 0.6 is 0 Å². The first kappa shape index (κ1) is 14.0. The number of hydrogen-bond donors (Lipinski definition) is 1. The fourth-order valence-electron chi connectivity index (χ4n) is 3.47. The lowest BCUT2D eigenvalue weighted by Gasteiger charge is -2.27. The zero-order chi connectivity index (χ0) is 13.8. The molecule has 2 aliphatic rings. The van der Waals surface area contributed by atoms with Crippen LogP contribution in [-0.4, -0.2) is 30.3 Å². The number of methoxy groups -OCH3 is 1. The van der Waals surface area contributed by atoms with Crippen molar-refractivity contribution in [3.8, 4) is 0 Å². The van der Waals surface area contributed by atoms with Crippen molar-refractivity contribution in [2.75, 3.05) is 20.2 Å². The summed E-state index contributed by atoms with van der Waals surface area (Å²) in [6, 6.07) is 0. The van der Waals surface area contributed by atoms with Gasteiger partial charge in [-0.25, -0.2) is 0 Å². The van der Waals surface area contributed by atoms with E-state index < -0.39 is 0 Å². The van der Waals surface area contributed by atoms with Crippen LogP contribution in [0.3, 0.4) is 0 Å². The Hall–Kier alpha value is -0.940. The van der Waals surface area contributed by atoms with Crippen LogP contribution < -0.4 is 5.32 Å². The number of nitrogens with one attached hydrogen (secondary N) is 1. The Morgan fingerprint density at radius 1 is 1.20 bits per heavy atom. The summed E-state index contributed by atoms with van der Waals surface area (Å²) in [7, 11) is 1.78. The van der Waals surface area contributed by atoms with Gasteiger partial charge in [0.1, 0.15) is 5.60 Å². The third-order valence-corrected chi connectivity index (χ3v) is 4.80. The average molecular weight is 279 g/mol. The molecule has 20 heavy (non-hydrogen) atoms. The van der Waals surface area contributed by atoms with E-state index >= 15 is 0 Å². The first-order chi connectivity index (χ1) is 9.84. The molecule has 1 saturated carbocycles. The van der Waals surface area contributed by atoms with Gasteiger partial charge in [0, 0.05) is 13.7 Å². The van der Waals surface area contributed by atoms with Crippen LogP contribution in [-0.2, 0) is 10.3 Å². The number of rotatable bonds is 3. The maximum Gasteiger partial charge on any atom is 0.231 e. The number of piperidine rings is 1. The Labute approximate surface area is 120 Å². The summed E-state index contributed by atoms with van der Waals surface area (Å²) in [6.07, 6.45) is 9.25. The molecule has 1 atom stereocenters. The summed E-state index contributed by atoms with van der Waals surface area (Å²) in [5.41, 5.74) is -0.319. The van der Waals surface area contributed by atoms with E-state index in [0.29, 0.717) is 5.92 Å². The molecule has 5 nitrogen and oxygen atoms in total. The van der Waals surface area contributed by atoms with Crippen molar-refractivity contribution in [1.29, 1.82) is 0 Å². The molecule has 1 aromatic heterocycles. The van der Waals surface area contributed by atoms with Crippen LogP contribution in [0.2, 0.25) is 0 Å². The van der Waals surface area contributed by atoms with Crippen LogP contribution in [0.15, 0.2) is 4.52 Å². The molecule has 3 rings (SSSR count). The van der Waals surface area contributed by atoms with Crippen molar-refractivity contribution >= 4 is 0 Å². The second-order valence-corrected chi connectivity index (χ2v) is 6.11. The van der Waals surface area contributed by atoms with Crippen LogP contribution in [0.4, 0.5) is 0 Å². The monoisotopic (exact) mass is 279 g/mol. The number of hydrogen-bond acceptors (Lipinski definition) is 5. The largest absolute Gasteiger partial charge is 0.370 e. The molecule has 1 N–H and O–H groups in total. The van der Waals surface area contributed by atoms with Crippen LogP contribution in [0.1, 0.15) is 69.0 Å². The smallest absolute Gasteiger partial charge is 0.231 e. The minimum atomic E-state index is -0.319. The molecule has 0 aromatic carbocycles. The van der Waals surface area contributed by atoms with E-state index in [1.807, 2.05) is 0 Å². The van der Waals surface area contributed by atoms with Gasteiger partial charge in [0.15, 0.2) is 0 Å². The van der Waals surface area contributed by atoms with E-state index in [9.17, 15) is 0 Å². The Bertz CT molecular complexity index is 419. The van der Waals surface area contributed by atoms with E-state index in [2.05, 4.69) is 10.5 Å². The Morgan fingerprint density at radius 3 is 2.65 bits per heavy atom. The summed E-state index contributed by atoms with van der Waals surface area (Å²) in [5, 5.41) is 7.66. The highest BCUT2D eigenvalue weighted by Gasteiger charge is 2.38. The van der Waals surface area contributed by atoms with E-state index in [-0.39, 0.29) is 5.60 Å². The average Bonchev–Trinajstić information content (AvgIpc) is 2.88. The maximum atomic E-state index is 5.84. The standard InChI is InChI=1S/C15H25N3O2/c1-19-15(8-4-2-3-5-9-15)14-17-13(20-18-14)12-7-6-10-16-11-12/h12,16H,2-11H2,1H3/t12-/m1/s1. The van der Waals surface area contributed by atoms with Crippen molar-refractivity contribution in [3.63, 3.8) is 0 Å². The first-order valence-electron chi connectivity index (χ1n) is 7.94. The van der Waals surface area contributed by atoms with Gasteiger partial charge in [0.2, 0.25) is 11.7 Å². The molecule has 2 fully saturated rings. The van der Waals surface area contributed by atoms with Crippen molar-refractivity contribution in [3.05, 3.63) is 11.7 Å². The second kappa shape index (κ2) is 6.22. The summed E-state index contributed by atoms with van der Waals surface area (Å²) >= 11 is 0. The van der Waals surface area contributed by atoms with Gasteiger partial charge < -0.3 is 14.6 Å². The molecule has 0 bridgehead atoms. The molecular formula is C15H25N3O2. The van der Waals surface area contributed by atoms with Gasteiger partial charge in [-0.1, -0.05) is 30.8 Å². The van der Waals surface area contributed by atoms with Gasteiger partial charge in [-0.3, -0.25) is 0 Å². The summed E-state index contributed by atoms with van der Waals surface area (Å²) in [4.78, 5) is 4.70. The normalized spacial score (nSPS) is 27.1. The van der Waals surface area contributed by atoms with Crippen LogP contribution in [0, 0.1) is 0 Å². The molecule has 0 unspecified atom stereocenters. The molecule has 2 heterocycles. The van der Waals surface area contributed by atoms with Gasteiger partial charge in [0.25, 0.3) is 0 Å². The van der Waals surface area contributed by atoms with Gasteiger partial charge >= 0.3 is 0 Å². The highest BCUT2D eigenvalue weighted by molar-refractivity contribution is 5.05.